The van der Waals surface area contributed by atoms with E-state index >= 15 is 0 Å². The third kappa shape index (κ3) is 10.6. The molecule has 0 radical (unpaired) electrons. The average Bonchev–Trinajstić information content (AvgIpc) is 2.49. The second-order valence-corrected chi connectivity index (χ2v) is 7.29. The number of aliphatic hydroxyl groups is 2. The number of ether oxygens (including phenoxy) is 1. The van der Waals surface area contributed by atoms with E-state index in [1.54, 1.807) is 0 Å². The van der Waals surface area contributed by atoms with Crippen molar-refractivity contribution in [1.82, 2.24) is 0 Å². The average molecular weight is 354 g/mol. The number of unbranched alkanes of at least 4 members (excludes halogenated alkanes) is 7. The predicted octanol–water partition coefficient (Wildman–Crippen LogP) is 1.67. The van der Waals surface area contributed by atoms with Crippen LogP contribution in [0, 0.1) is 0 Å². The Morgan fingerprint density at radius 2 is 1.43 bits per heavy atom. The molecule has 1 unspecified atom stereocenters. The summed E-state index contributed by atoms with van der Waals surface area (Å²) in [5, 5.41) is 16.0. The van der Waals surface area contributed by atoms with Gasteiger partial charge in [0, 0.05) is 0 Å². The Morgan fingerprint density at radius 1 is 0.957 bits per heavy atom. The van der Waals surface area contributed by atoms with Crippen LogP contribution >= 0.6 is 0 Å². The normalized spacial score (nSPS) is 13.3. The van der Waals surface area contributed by atoms with Crippen LogP contribution in [0.1, 0.15) is 64.7 Å². The van der Waals surface area contributed by atoms with Gasteiger partial charge in [0.1, 0.15) is 6.10 Å². The van der Waals surface area contributed by atoms with Crippen LogP contribution in [0.5, 0.6) is 0 Å². The van der Waals surface area contributed by atoms with E-state index in [0.717, 1.165) is 25.7 Å². The second-order valence-electron chi connectivity index (χ2n) is 5.69. The number of carbonyl (C=O) groups is 1. The van der Waals surface area contributed by atoms with Crippen molar-refractivity contribution < 1.29 is 32.7 Å². The molecule has 0 amide bonds. The number of hydrogen-bond acceptors (Lipinski definition) is 6. The fraction of sp³-hybridized carbons (Fsp3) is 0.933. The molecule has 0 spiro atoms. The fourth-order valence-electron chi connectivity index (χ4n) is 2.22. The lowest BCUT2D eigenvalue weighted by Crippen LogP contribution is -2.36. The highest BCUT2D eigenvalue weighted by Crippen LogP contribution is 2.15. The Labute approximate surface area is 138 Å². The first-order valence-corrected chi connectivity index (χ1v) is 9.75. The van der Waals surface area contributed by atoms with Crippen LogP contribution in [0.2, 0.25) is 0 Å². The molecule has 7 nitrogen and oxygen atoms in total. The van der Waals surface area contributed by atoms with E-state index in [2.05, 4.69) is 11.7 Å². The Bertz CT molecular complexity index is 404. The van der Waals surface area contributed by atoms with Crippen LogP contribution < -0.4 is 0 Å². The summed E-state index contributed by atoms with van der Waals surface area (Å²) in [5.41, 5.74) is 0. The SMILES string of the molecule is CCCCCCCCCCC(C(=O)OC(CO)CO)S(=O)(=O)O. The minimum atomic E-state index is -4.57. The van der Waals surface area contributed by atoms with Gasteiger partial charge in [-0.15, -0.1) is 0 Å². The summed E-state index contributed by atoms with van der Waals surface area (Å²) in [4.78, 5) is 11.8. The Morgan fingerprint density at radius 3 is 1.87 bits per heavy atom. The molecule has 0 rings (SSSR count). The predicted molar refractivity (Wildman–Crippen MR) is 86.6 cm³/mol. The zero-order chi connectivity index (χ0) is 17.7. The molecule has 0 aliphatic rings. The van der Waals surface area contributed by atoms with Crippen molar-refractivity contribution in [1.29, 1.82) is 0 Å². The molecule has 1 atom stereocenters. The number of hydrogen-bond donors (Lipinski definition) is 3. The van der Waals surface area contributed by atoms with Gasteiger partial charge < -0.3 is 14.9 Å². The van der Waals surface area contributed by atoms with Gasteiger partial charge in [-0.2, -0.15) is 8.42 Å². The largest absolute Gasteiger partial charge is 0.456 e. The first-order chi connectivity index (χ1) is 10.9. The quantitative estimate of drug-likeness (QED) is 0.246. The monoisotopic (exact) mass is 354 g/mol. The molecule has 3 N–H and O–H groups in total. The van der Waals surface area contributed by atoms with Crippen LogP contribution in [0.25, 0.3) is 0 Å². The van der Waals surface area contributed by atoms with Gasteiger partial charge in [0.2, 0.25) is 0 Å². The third-order valence-corrected chi connectivity index (χ3v) is 4.78. The molecule has 0 fully saturated rings. The Balaban J connectivity index is 4.20. The molecule has 8 heteroatoms. The first kappa shape index (κ1) is 22.3. The van der Waals surface area contributed by atoms with Crippen molar-refractivity contribution in [3.8, 4) is 0 Å². The number of carbonyl (C=O) groups excluding carboxylic acids is 1. The molecular weight excluding hydrogens is 324 g/mol. The number of esters is 1. The van der Waals surface area contributed by atoms with E-state index < -0.39 is 40.7 Å². The summed E-state index contributed by atoms with van der Waals surface area (Å²) in [6.07, 6.45) is 6.80. The van der Waals surface area contributed by atoms with E-state index in [-0.39, 0.29) is 6.42 Å². The lowest BCUT2D eigenvalue weighted by molar-refractivity contribution is -0.153. The minimum absolute atomic E-state index is 0.0315. The molecule has 0 aromatic rings. The number of rotatable bonds is 14. The summed E-state index contributed by atoms with van der Waals surface area (Å²) >= 11 is 0. The minimum Gasteiger partial charge on any atom is -0.456 e. The smallest absolute Gasteiger partial charge is 0.327 e. The summed E-state index contributed by atoms with van der Waals surface area (Å²) in [6.45, 7) is 0.920. The van der Waals surface area contributed by atoms with E-state index in [1.165, 1.54) is 19.3 Å². The Kier molecular flexibility index (Phi) is 12.3. The van der Waals surface area contributed by atoms with Crippen LogP contribution in [-0.2, 0) is 19.6 Å². The van der Waals surface area contributed by atoms with E-state index in [9.17, 15) is 13.2 Å². The number of aliphatic hydroxyl groups excluding tert-OH is 2. The molecule has 0 aromatic carbocycles. The van der Waals surface area contributed by atoms with E-state index in [4.69, 9.17) is 14.8 Å². The molecular formula is C15H30O7S. The molecule has 0 saturated heterocycles. The summed E-state index contributed by atoms with van der Waals surface area (Å²) < 4.78 is 36.4. The molecule has 0 heterocycles. The zero-order valence-electron chi connectivity index (χ0n) is 13.8. The van der Waals surface area contributed by atoms with Gasteiger partial charge in [-0.25, -0.2) is 0 Å². The molecule has 0 bridgehead atoms. The van der Waals surface area contributed by atoms with Gasteiger partial charge in [0.15, 0.2) is 5.25 Å². The van der Waals surface area contributed by atoms with Crippen molar-refractivity contribution in [3.63, 3.8) is 0 Å². The van der Waals surface area contributed by atoms with Crippen molar-refractivity contribution in [2.45, 2.75) is 76.1 Å². The van der Waals surface area contributed by atoms with Crippen molar-refractivity contribution >= 4 is 16.1 Å². The molecule has 0 aromatic heterocycles. The van der Waals surface area contributed by atoms with Gasteiger partial charge in [-0.05, 0) is 6.42 Å². The van der Waals surface area contributed by atoms with Gasteiger partial charge in [0.05, 0.1) is 13.2 Å². The maximum atomic E-state index is 11.8. The van der Waals surface area contributed by atoms with Crippen molar-refractivity contribution in [2.75, 3.05) is 13.2 Å². The highest BCUT2D eigenvalue weighted by atomic mass is 32.2. The van der Waals surface area contributed by atoms with E-state index in [0.29, 0.717) is 6.42 Å². The maximum Gasteiger partial charge on any atom is 0.327 e. The molecule has 138 valence electrons. The first-order valence-electron chi connectivity index (χ1n) is 8.25. The zero-order valence-corrected chi connectivity index (χ0v) is 14.6. The third-order valence-electron chi connectivity index (χ3n) is 3.63. The summed E-state index contributed by atoms with van der Waals surface area (Å²) in [7, 11) is -4.57. The Hall–Kier alpha value is -0.700. The summed E-state index contributed by atoms with van der Waals surface area (Å²) in [6, 6.07) is 0. The van der Waals surface area contributed by atoms with E-state index in [1.807, 2.05) is 0 Å². The standard InChI is InChI=1S/C15H30O7S/c1-2-3-4-5-6-7-8-9-10-14(23(19,20)21)15(18)22-13(11-16)12-17/h13-14,16-17H,2-12H2,1H3,(H,19,20,21). The van der Waals surface area contributed by atoms with Crippen LogP contribution in [-0.4, -0.2) is 53.7 Å². The van der Waals surface area contributed by atoms with Crippen LogP contribution in [0.4, 0.5) is 0 Å². The summed E-state index contributed by atoms with van der Waals surface area (Å²) in [5.74, 6) is -1.14. The fourth-order valence-corrected chi connectivity index (χ4v) is 2.99. The highest BCUT2D eigenvalue weighted by Gasteiger charge is 2.33. The van der Waals surface area contributed by atoms with Crippen molar-refractivity contribution in [2.24, 2.45) is 0 Å². The lowest BCUT2D eigenvalue weighted by atomic mass is 10.1. The molecule has 0 aliphatic carbocycles. The van der Waals surface area contributed by atoms with Crippen LogP contribution in [0.15, 0.2) is 0 Å². The van der Waals surface area contributed by atoms with Gasteiger partial charge >= 0.3 is 5.97 Å². The molecule has 0 aliphatic heterocycles. The second kappa shape index (κ2) is 12.7. The van der Waals surface area contributed by atoms with Gasteiger partial charge in [-0.1, -0.05) is 58.3 Å². The van der Waals surface area contributed by atoms with Gasteiger partial charge in [0.25, 0.3) is 10.1 Å². The highest BCUT2D eigenvalue weighted by molar-refractivity contribution is 7.87. The van der Waals surface area contributed by atoms with Crippen molar-refractivity contribution in [3.05, 3.63) is 0 Å². The molecule has 0 saturated carbocycles. The topological polar surface area (TPSA) is 121 Å². The van der Waals surface area contributed by atoms with Gasteiger partial charge in [-0.3, -0.25) is 9.35 Å². The molecule has 23 heavy (non-hydrogen) atoms. The maximum absolute atomic E-state index is 11.8. The lowest BCUT2D eigenvalue weighted by Gasteiger charge is -2.17. The van der Waals surface area contributed by atoms with Crippen LogP contribution in [0.3, 0.4) is 0 Å².